The zero-order chi connectivity index (χ0) is 11.4. The van der Waals surface area contributed by atoms with Crippen molar-refractivity contribution in [3.05, 3.63) is 29.3 Å². The minimum Gasteiger partial charge on any atom is -0.478 e. The number of carbonyl (C=O) groups is 2. The SMILES string of the molecule is CC(=O)Nc1cccc(C(=O)O)c1C#N. The normalized spacial score (nSPS) is 9.07. The van der Waals surface area contributed by atoms with Crippen LogP contribution in [0.3, 0.4) is 0 Å². The van der Waals surface area contributed by atoms with Gasteiger partial charge in [-0.15, -0.1) is 0 Å². The van der Waals surface area contributed by atoms with Gasteiger partial charge in [0.2, 0.25) is 5.91 Å². The molecule has 0 heterocycles. The Morgan fingerprint density at radius 3 is 2.60 bits per heavy atom. The lowest BCUT2D eigenvalue weighted by Crippen LogP contribution is -2.10. The van der Waals surface area contributed by atoms with E-state index in [2.05, 4.69) is 5.32 Å². The van der Waals surface area contributed by atoms with Crippen molar-refractivity contribution in [2.75, 3.05) is 5.32 Å². The molecule has 0 spiro atoms. The Balaban J connectivity index is 3.30. The summed E-state index contributed by atoms with van der Waals surface area (Å²) in [6.45, 7) is 1.29. The van der Waals surface area contributed by atoms with Crippen LogP contribution >= 0.6 is 0 Å². The molecule has 0 saturated heterocycles. The Morgan fingerprint density at radius 2 is 2.13 bits per heavy atom. The first-order valence-electron chi connectivity index (χ1n) is 4.10. The van der Waals surface area contributed by atoms with E-state index in [0.717, 1.165) is 0 Å². The van der Waals surface area contributed by atoms with E-state index in [1.54, 1.807) is 6.07 Å². The van der Waals surface area contributed by atoms with Crippen molar-refractivity contribution in [1.29, 1.82) is 5.26 Å². The third-order valence-corrected chi connectivity index (χ3v) is 1.72. The van der Waals surface area contributed by atoms with Gasteiger partial charge in [-0.3, -0.25) is 4.79 Å². The predicted molar refractivity (Wildman–Crippen MR) is 52.4 cm³/mol. The summed E-state index contributed by atoms with van der Waals surface area (Å²) in [4.78, 5) is 21.5. The summed E-state index contributed by atoms with van der Waals surface area (Å²) in [6.07, 6.45) is 0. The quantitative estimate of drug-likeness (QED) is 0.757. The van der Waals surface area contributed by atoms with Crippen LogP contribution in [0.1, 0.15) is 22.8 Å². The molecule has 2 N–H and O–H groups in total. The Kier molecular flexibility index (Phi) is 3.03. The zero-order valence-electron chi connectivity index (χ0n) is 7.94. The van der Waals surface area contributed by atoms with Crippen LogP contribution < -0.4 is 5.32 Å². The van der Waals surface area contributed by atoms with Crippen molar-refractivity contribution in [3.63, 3.8) is 0 Å². The molecule has 5 heteroatoms. The van der Waals surface area contributed by atoms with E-state index in [0.29, 0.717) is 0 Å². The van der Waals surface area contributed by atoms with Gasteiger partial charge in [0.25, 0.3) is 0 Å². The zero-order valence-corrected chi connectivity index (χ0v) is 7.94. The minimum absolute atomic E-state index is 0.0415. The smallest absolute Gasteiger partial charge is 0.337 e. The average molecular weight is 204 g/mol. The number of rotatable bonds is 2. The topological polar surface area (TPSA) is 90.2 Å². The summed E-state index contributed by atoms with van der Waals surface area (Å²) in [5.41, 5.74) is 0.0499. The van der Waals surface area contributed by atoms with E-state index < -0.39 is 5.97 Å². The molecule has 0 bridgehead atoms. The van der Waals surface area contributed by atoms with Gasteiger partial charge < -0.3 is 10.4 Å². The van der Waals surface area contributed by atoms with Gasteiger partial charge in [0.05, 0.1) is 16.8 Å². The molecule has 5 nitrogen and oxygen atoms in total. The summed E-state index contributed by atoms with van der Waals surface area (Å²) in [5, 5.41) is 20.0. The third-order valence-electron chi connectivity index (χ3n) is 1.72. The van der Waals surface area contributed by atoms with Crippen LogP contribution in [0, 0.1) is 11.3 Å². The molecule has 1 aromatic rings. The molecule has 76 valence electrons. The van der Waals surface area contributed by atoms with E-state index >= 15 is 0 Å². The van der Waals surface area contributed by atoms with Gasteiger partial charge in [-0.2, -0.15) is 5.26 Å². The fourth-order valence-electron chi connectivity index (χ4n) is 1.14. The van der Waals surface area contributed by atoms with Crippen LogP contribution in [-0.4, -0.2) is 17.0 Å². The number of aromatic carboxylic acids is 1. The van der Waals surface area contributed by atoms with E-state index in [9.17, 15) is 9.59 Å². The van der Waals surface area contributed by atoms with Crippen LogP contribution in [0.2, 0.25) is 0 Å². The highest BCUT2D eigenvalue weighted by atomic mass is 16.4. The van der Waals surface area contributed by atoms with Crippen molar-refractivity contribution in [3.8, 4) is 6.07 Å². The molecular weight excluding hydrogens is 196 g/mol. The lowest BCUT2D eigenvalue weighted by molar-refractivity contribution is -0.114. The predicted octanol–water partition coefficient (Wildman–Crippen LogP) is 1.21. The van der Waals surface area contributed by atoms with Crippen molar-refractivity contribution in [2.45, 2.75) is 6.92 Å². The van der Waals surface area contributed by atoms with Gasteiger partial charge in [-0.1, -0.05) is 6.07 Å². The largest absolute Gasteiger partial charge is 0.478 e. The highest BCUT2D eigenvalue weighted by molar-refractivity contribution is 5.96. The van der Waals surface area contributed by atoms with Crippen molar-refractivity contribution >= 4 is 17.6 Å². The number of carboxylic acid groups (broad SMARTS) is 1. The van der Waals surface area contributed by atoms with Gasteiger partial charge in [0.15, 0.2) is 0 Å². The second-order valence-corrected chi connectivity index (χ2v) is 2.83. The average Bonchev–Trinajstić information content (AvgIpc) is 2.16. The Labute approximate surface area is 86.0 Å². The molecule has 0 aliphatic rings. The van der Waals surface area contributed by atoms with Gasteiger partial charge in [-0.05, 0) is 12.1 Å². The fraction of sp³-hybridized carbons (Fsp3) is 0.100. The number of amides is 1. The van der Waals surface area contributed by atoms with E-state index in [1.165, 1.54) is 25.1 Å². The van der Waals surface area contributed by atoms with Gasteiger partial charge in [0.1, 0.15) is 6.07 Å². The summed E-state index contributed by atoms with van der Waals surface area (Å²) in [5.74, 6) is -1.55. The highest BCUT2D eigenvalue weighted by Gasteiger charge is 2.13. The molecule has 0 unspecified atom stereocenters. The van der Waals surface area contributed by atoms with E-state index in [4.69, 9.17) is 10.4 Å². The number of anilines is 1. The van der Waals surface area contributed by atoms with E-state index in [1.807, 2.05) is 0 Å². The number of hydrogen-bond donors (Lipinski definition) is 2. The summed E-state index contributed by atoms with van der Waals surface area (Å²) < 4.78 is 0. The third kappa shape index (κ3) is 2.31. The number of nitrogens with zero attached hydrogens (tertiary/aromatic N) is 1. The standard InChI is InChI=1S/C10H8N2O3/c1-6(13)12-9-4-2-3-7(10(14)15)8(9)5-11/h2-4H,1H3,(H,12,13)(H,14,15). The molecule has 0 fully saturated rings. The number of benzene rings is 1. The monoisotopic (exact) mass is 204 g/mol. The van der Waals surface area contributed by atoms with Crippen molar-refractivity contribution < 1.29 is 14.7 Å². The molecule has 0 atom stereocenters. The van der Waals surface area contributed by atoms with Crippen LogP contribution in [0.5, 0.6) is 0 Å². The second-order valence-electron chi connectivity index (χ2n) is 2.83. The maximum Gasteiger partial charge on any atom is 0.337 e. The molecule has 0 aromatic heterocycles. The summed E-state index contributed by atoms with van der Waals surface area (Å²) in [6, 6.07) is 6.01. The minimum atomic E-state index is -1.20. The van der Waals surface area contributed by atoms with Crippen LogP contribution in [-0.2, 0) is 4.79 Å². The van der Waals surface area contributed by atoms with Crippen LogP contribution in [0.25, 0.3) is 0 Å². The molecule has 0 radical (unpaired) electrons. The molecule has 1 aromatic carbocycles. The lowest BCUT2D eigenvalue weighted by Gasteiger charge is -2.06. The number of hydrogen-bond acceptors (Lipinski definition) is 3. The number of carboxylic acids is 1. The number of nitriles is 1. The van der Waals surface area contributed by atoms with Crippen molar-refractivity contribution in [1.82, 2.24) is 0 Å². The van der Waals surface area contributed by atoms with Crippen LogP contribution in [0.4, 0.5) is 5.69 Å². The molecular formula is C10H8N2O3. The first-order chi connectivity index (χ1) is 7.06. The molecule has 0 aliphatic carbocycles. The summed E-state index contributed by atoms with van der Waals surface area (Å²) in [7, 11) is 0. The first-order valence-corrected chi connectivity index (χ1v) is 4.10. The molecule has 1 rings (SSSR count). The maximum absolute atomic E-state index is 10.8. The second kappa shape index (κ2) is 4.24. The van der Waals surface area contributed by atoms with Crippen molar-refractivity contribution in [2.24, 2.45) is 0 Å². The Morgan fingerprint density at radius 1 is 1.47 bits per heavy atom. The first kappa shape index (κ1) is 10.7. The fourth-order valence-corrected chi connectivity index (χ4v) is 1.14. The van der Waals surface area contributed by atoms with Gasteiger partial charge >= 0.3 is 5.97 Å². The molecule has 0 aliphatic heterocycles. The van der Waals surface area contributed by atoms with Gasteiger partial charge in [-0.25, -0.2) is 4.79 Å². The maximum atomic E-state index is 10.8. The lowest BCUT2D eigenvalue weighted by atomic mass is 10.1. The number of carbonyl (C=O) groups excluding carboxylic acids is 1. The number of nitrogens with one attached hydrogen (secondary N) is 1. The Bertz CT molecular complexity index is 460. The van der Waals surface area contributed by atoms with E-state index in [-0.39, 0.29) is 22.7 Å². The molecule has 0 saturated carbocycles. The van der Waals surface area contributed by atoms with Gasteiger partial charge in [0, 0.05) is 6.92 Å². The Hall–Kier alpha value is -2.35. The summed E-state index contributed by atoms with van der Waals surface area (Å²) >= 11 is 0. The highest BCUT2D eigenvalue weighted by Crippen LogP contribution is 2.18. The molecule has 15 heavy (non-hydrogen) atoms. The molecule has 1 amide bonds. The van der Waals surface area contributed by atoms with Crippen LogP contribution in [0.15, 0.2) is 18.2 Å².